The van der Waals surface area contributed by atoms with Crippen LogP contribution < -0.4 is 10.6 Å². The second kappa shape index (κ2) is 9.69. The van der Waals surface area contributed by atoms with Crippen molar-refractivity contribution in [3.63, 3.8) is 0 Å². The molecule has 0 unspecified atom stereocenters. The van der Waals surface area contributed by atoms with E-state index in [-0.39, 0.29) is 12.1 Å². The van der Waals surface area contributed by atoms with Gasteiger partial charge in [-0.15, -0.1) is 11.3 Å². The molecule has 0 radical (unpaired) electrons. The monoisotopic (exact) mass is 486 g/mol. The number of amides is 2. The number of hydrogen-bond acceptors (Lipinski definition) is 7. The number of anilines is 1. The first kappa shape index (κ1) is 22.9. The molecule has 11 heteroatoms. The van der Waals surface area contributed by atoms with Crippen molar-refractivity contribution < 1.29 is 22.7 Å². The van der Waals surface area contributed by atoms with E-state index in [2.05, 4.69) is 21.7 Å². The highest BCUT2D eigenvalue weighted by Crippen LogP contribution is 2.28. The Morgan fingerprint density at radius 3 is 2.79 bits per heavy atom. The second-order valence-corrected chi connectivity index (χ2v) is 10.2. The first-order chi connectivity index (χ1) is 15.8. The molecule has 0 spiro atoms. The van der Waals surface area contributed by atoms with Crippen molar-refractivity contribution in [2.45, 2.75) is 6.42 Å². The normalized spacial score (nSPS) is 13.9. The molecule has 0 fully saturated rings. The van der Waals surface area contributed by atoms with Gasteiger partial charge < -0.3 is 15.4 Å². The highest BCUT2D eigenvalue weighted by atomic mass is 32.2. The summed E-state index contributed by atoms with van der Waals surface area (Å²) in [7, 11) is -3.48. The minimum atomic E-state index is -3.48. The third kappa shape index (κ3) is 5.75. The second-order valence-electron chi connectivity index (χ2n) is 7.41. The third-order valence-corrected chi connectivity index (χ3v) is 6.66. The molecule has 3 heterocycles. The topological polar surface area (TPSA) is 119 Å². The van der Waals surface area contributed by atoms with Crippen LogP contribution in [0.5, 0.6) is 0 Å². The number of ether oxygens (including phenoxy) is 1. The summed E-state index contributed by atoms with van der Waals surface area (Å²) in [5, 5.41) is 7.40. The molecular formula is C22H22N4O5S2. The largest absolute Gasteiger partial charge is 0.376 e. The Hall–Kier alpha value is -3.28. The highest BCUT2D eigenvalue weighted by molar-refractivity contribution is 7.89. The van der Waals surface area contributed by atoms with Crippen LogP contribution in [-0.4, -0.2) is 55.2 Å². The van der Waals surface area contributed by atoms with E-state index in [1.165, 1.54) is 29.8 Å². The zero-order valence-corrected chi connectivity index (χ0v) is 19.4. The van der Waals surface area contributed by atoms with Crippen LogP contribution in [0.1, 0.15) is 22.3 Å². The van der Waals surface area contributed by atoms with E-state index < -0.39 is 21.8 Å². The third-order valence-electron chi connectivity index (χ3n) is 4.91. The van der Waals surface area contributed by atoms with Crippen LogP contribution in [-0.2, 0) is 19.6 Å². The number of aromatic nitrogens is 2. The summed E-state index contributed by atoms with van der Waals surface area (Å²) in [6.45, 7) is 1.06. The van der Waals surface area contributed by atoms with Gasteiger partial charge in [-0.25, -0.2) is 13.4 Å². The minimum Gasteiger partial charge on any atom is -0.376 e. The lowest BCUT2D eigenvalue weighted by Crippen LogP contribution is -2.32. The Morgan fingerprint density at radius 2 is 2.06 bits per heavy atom. The fourth-order valence-electron chi connectivity index (χ4n) is 3.24. The summed E-state index contributed by atoms with van der Waals surface area (Å²) in [6.07, 6.45) is 6.57. The van der Waals surface area contributed by atoms with Crippen molar-refractivity contribution in [3.8, 4) is 11.3 Å². The first-order valence-corrected chi connectivity index (χ1v) is 12.8. The molecule has 172 valence electrons. The molecule has 1 aliphatic rings. The Labute approximate surface area is 195 Å². The van der Waals surface area contributed by atoms with E-state index in [1.807, 2.05) is 29.6 Å². The smallest absolute Gasteiger partial charge is 0.253 e. The Balaban J connectivity index is 1.35. The molecule has 0 saturated heterocycles. The van der Waals surface area contributed by atoms with Crippen LogP contribution >= 0.6 is 11.3 Å². The van der Waals surface area contributed by atoms with Crippen molar-refractivity contribution >= 4 is 43.9 Å². The van der Waals surface area contributed by atoms with Crippen LogP contribution in [0.2, 0.25) is 0 Å². The number of thiazole rings is 1. The van der Waals surface area contributed by atoms with Crippen LogP contribution in [0, 0.1) is 0 Å². The molecule has 0 aliphatic carbocycles. The molecule has 0 bridgehead atoms. The van der Waals surface area contributed by atoms with Crippen LogP contribution in [0.15, 0.2) is 54.2 Å². The van der Waals surface area contributed by atoms with E-state index in [0.717, 1.165) is 45.6 Å². The maximum absolute atomic E-state index is 12.2. The standard InChI is InChI=1S/C22H22N4O5S2/c1-33(29,30)26-8-7-17(12-26)21(28)23-11-20(27)25-22-24-19(14-32-22)16-5-2-4-15(10-16)18-6-3-9-31-13-18/h2,4-8,10,12,14H,3,9,11,13H2,1H3,(H,23,28)(H,24,25,27). The molecule has 1 aliphatic heterocycles. The average molecular weight is 487 g/mol. The zero-order chi connectivity index (χ0) is 23.4. The van der Waals surface area contributed by atoms with E-state index in [4.69, 9.17) is 4.74 Å². The number of nitrogens with zero attached hydrogens (tertiary/aromatic N) is 2. The predicted molar refractivity (Wildman–Crippen MR) is 127 cm³/mol. The summed E-state index contributed by atoms with van der Waals surface area (Å²) < 4.78 is 29.5. The van der Waals surface area contributed by atoms with E-state index >= 15 is 0 Å². The van der Waals surface area contributed by atoms with Gasteiger partial charge in [-0.1, -0.05) is 24.3 Å². The molecule has 0 atom stereocenters. The maximum atomic E-state index is 12.2. The van der Waals surface area contributed by atoms with Gasteiger partial charge in [0.15, 0.2) is 5.13 Å². The molecule has 2 amide bonds. The number of hydrogen-bond donors (Lipinski definition) is 2. The number of rotatable bonds is 7. The van der Waals surface area contributed by atoms with Crippen molar-refractivity contribution in [1.82, 2.24) is 14.3 Å². The van der Waals surface area contributed by atoms with E-state index in [1.54, 1.807) is 0 Å². The van der Waals surface area contributed by atoms with Crippen molar-refractivity contribution in [2.24, 2.45) is 0 Å². The summed E-state index contributed by atoms with van der Waals surface area (Å²) in [6, 6.07) is 9.36. The molecule has 1 aromatic carbocycles. The zero-order valence-electron chi connectivity index (χ0n) is 17.8. The number of carbonyl (C=O) groups is 2. The van der Waals surface area contributed by atoms with Crippen molar-refractivity contribution in [2.75, 3.05) is 31.3 Å². The lowest BCUT2D eigenvalue weighted by atomic mass is 10.0. The molecule has 0 saturated carbocycles. The first-order valence-electron chi connectivity index (χ1n) is 10.1. The SMILES string of the molecule is CS(=O)(=O)n1ccc(C(=O)NCC(=O)Nc2nc(-c3cccc(C4=CCCOC4)c3)cs2)c1. The summed E-state index contributed by atoms with van der Waals surface area (Å²) >= 11 is 1.29. The minimum absolute atomic E-state index is 0.142. The van der Waals surface area contributed by atoms with Gasteiger partial charge in [0.05, 0.1) is 37.3 Å². The number of nitrogens with one attached hydrogen (secondary N) is 2. The number of benzene rings is 1. The van der Waals surface area contributed by atoms with Gasteiger partial charge in [0, 0.05) is 23.3 Å². The summed E-state index contributed by atoms with van der Waals surface area (Å²) in [4.78, 5) is 28.9. The van der Waals surface area contributed by atoms with Crippen LogP contribution in [0.25, 0.3) is 16.8 Å². The highest BCUT2D eigenvalue weighted by Gasteiger charge is 2.14. The van der Waals surface area contributed by atoms with Gasteiger partial charge in [-0.2, -0.15) is 0 Å². The lowest BCUT2D eigenvalue weighted by molar-refractivity contribution is -0.115. The summed E-state index contributed by atoms with van der Waals surface area (Å²) in [5.41, 5.74) is 4.04. The Morgan fingerprint density at radius 1 is 1.24 bits per heavy atom. The average Bonchev–Trinajstić information content (AvgIpc) is 3.48. The van der Waals surface area contributed by atoms with Crippen LogP contribution in [0.3, 0.4) is 0 Å². The van der Waals surface area contributed by atoms with Gasteiger partial charge in [0.1, 0.15) is 0 Å². The van der Waals surface area contributed by atoms with Gasteiger partial charge in [0.2, 0.25) is 15.9 Å². The lowest BCUT2D eigenvalue weighted by Gasteiger charge is -2.14. The number of carbonyl (C=O) groups excluding carboxylic acids is 2. The molecule has 2 N–H and O–H groups in total. The van der Waals surface area contributed by atoms with Crippen molar-refractivity contribution in [3.05, 3.63) is 65.3 Å². The fourth-order valence-corrected chi connectivity index (χ4v) is 4.57. The van der Waals surface area contributed by atoms with E-state index in [0.29, 0.717) is 11.7 Å². The molecule has 33 heavy (non-hydrogen) atoms. The van der Waals surface area contributed by atoms with Gasteiger partial charge in [-0.3, -0.25) is 13.6 Å². The Bertz CT molecular complexity index is 1320. The van der Waals surface area contributed by atoms with E-state index in [9.17, 15) is 18.0 Å². The quantitative estimate of drug-likeness (QED) is 0.530. The summed E-state index contributed by atoms with van der Waals surface area (Å²) in [5.74, 6) is -0.991. The van der Waals surface area contributed by atoms with Crippen LogP contribution in [0.4, 0.5) is 5.13 Å². The molecular weight excluding hydrogens is 464 g/mol. The Kier molecular flexibility index (Phi) is 6.72. The molecule has 9 nitrogen and oxygen atoms in total. The van der Waals surface area contributed by atoms with Gasteiger partial charge >= 0.3 is 0 Å². The predicted octanol–water partition coefficient (Wildman–Crippen LogP) is 2.59. The maximum Gasteiger partial charge on any atom is 0.253 e. The van der Waals surface area contributed by atoms with Gasteiger partial charge in [0.25, 0.3) is 5.91 Å². The fraction of sp³-hybridized carbons (Fsp3) is 0.227. The van der Waals surface area contributed by atoms with Crippen molar-refractivity contribution in [1.29, 1.82) is 0 Å². The molecule has 4 rings (SSSR count). The molecule has 2 aromatic heterocycles. The molecule has 3 aromatic rings. The van der Waals surface area contributed by atoms with Gasteiger partial charge in [-0.05, 0) is 29.7 Å².